The molecular formula is C63H128O14. The van der Waals surface area contributed by atoms with Crippen LogP contribution < -0.4 is 0 Å². The third-order valence-electron chi connectivity index (χ3n) is 10.9. The summed E-state index contributed by atoms with van der Waals surface area (Å²) < 4.78 is 35.5. The summed E-state index contributed by atoms with van der Waals surface area (Å²) in [5, 5.41) is 0. The second-order valence-corrected chi connectivity index (χ2v) is 17.4. The lowest BCUT2D eigenvalue weighted by atomic mass is 10.0. The van der Waals surface area contributed by atoms with Crippen molar-refractivity contribution < 1.29 is 66.7 Å². The molecule has 0 aliphatic rings. The molecular weight excluding hydrogens is 981 g/mol. The van der Waals surface area contributed by atoms with E-state index in [-0.39, 0.29) is 125 Å². The van der Waals surface area contributed by atoms with E-state index < -0.39 is 0 Å². The number of aryl methyl sites for hydroxylation is 1. The van der Waals surface area contributed by atoms with E-state index in [1.165, 1.54) is 12.0 Å². The van der Waals surface area contributed by atoms with Gasteiger partial charge >= 0.3 is 17.9 Å². The van der Waals surface area contributed by atoms with E-state index in [0.29, 0.717) is 64.8 Å². The Hall–Kier alpha value is -3.85. The van der Waals surface area contributed by atoms with Crippen LogP contribution in [0, 0.1) is 0 Å². The smallest absolute Gasteiger partial charge is 0.305 e. The van der Waals surface area contributed by atoms with Gasteiger partial charge in [0, 0.05) is 73.4 Å². The van der Waals surface area contributed by atoms with Crippen LogP contribution in [0.1, 0.15) is 261 Å². The molecule has 77 heavy (non-hydrogen) atoms. The molecule has 0 amide bonds. The fourth-order valence-corrected chi connectivity index (χ4v) is 7.15. The van der Waals surface area contributed by atoms with E-state index >= 15 is 0 Å². The Morgan fingerprint density at radius 3 is 0.844 bits per heavy atom. The molecule has 1 rings (SSSR count). The van der Waals surface area contributed by atoms with Gasteiger partial charge in [-0.1, -0.05) is 148 Å². The zero-order valence-electron chi connectivity index (χ0n) is 45.0. The SMILES string of the molecule is C.C.C.C.C.C.C.C.CCOC(=O)CCCCC(CC(C)=O)OC.CCOC(=O)CCCCCCC(CC(C)=O)OC.CCOC(=O)CCCCCCCCC(CC(C)=O)OC.COC(CCc1ccccc1)CC(C)=O. The van der Waals surface area contributed by atoms with E-state index in [4.69, 9.17) is 33.2 Å². The number of carbonyl (C=O) groups is 7. The first-order valence-corrected chi connectivity index (χ1v) is 25.6. The summed E-state index contributed by atoms with van der Waals surface area (Å²) in [7, 11) is 6.59. The molecule has 0 heterocycles. The molecule has 4 atom stereocenters. The second-order valence-electron chi connectivity index (χ2n) is 17.4. The first-order chi connectivity index (χ1) is 33.0. The van der Waals surface area contributed by atoms with Crippen LogP contribution in [0.4, 0.5) is 0 Å². The Morgan fingerprint density at radius 1 is 0.351 bits per heavy atom. The van der Waals surface area contributed by atoms with Crippen molar-refractivity contribution in [3.05, 3.63) is 35.9 Å². The van der Waals surface area contributed by atoms with Crippen molar-refractivity contribution >= 4 is 41.0 Å². The summed E-state index contributed by atoms with van der Waals surface area (Å²) in [6, 6.07) is 10.3. The number of ether oxygens (including phenoxy) is 7. The van der Waals surface area contributed by atoms with Crippen LogP contribution in [0.25, 0.3) is 0 Å². The maximum Gasteiger partial charge on any atom is 0.305 e. The highest BCUT2D eigenvalue weighted by molar-refractivity contribution is 5.77. The first-order valence-electron chi connectivity index (χ1n) is 25.6. The summed E-state index contributed by atoms with van der Waals surface area (Å²) >= 11 is 0. The van der Waals surface area contributed by atoms with E-state index in [0.717, 1.165) is 103 Å². The number of methoxy groups -OCH3 is 4. The number of Topliss-reactive ketones (excluding diaryl/α,β-unsaturated/α-hetero) is 4. The molecule has 1 aromatic rings. The minimum atomic E-state index is -0.150. The Kier molecular flexibility index (Phi) is 92.4. The van der Waals surface area contributed by atoms with Gasteiger partial charge in [0.25, 0.3) is 0 Å². The van der Waals surface area contributed by atoms with Crippen molar-refractivity contribution in [3.8, 4) is 0 Å². The van der Waals surface area contributed by atoms with Crippen LogP contribution >= 0.6 is 0 Å². The highest BCUT2D eigenvalue weighted by Crippen LogP contribution is 2.15. The Morgan fingerprint density at radius 2 is 0.584 bits per heavy atom. The topological polar surface area (TPSA) is 184 Å². The minimum absolute atomic E-state index is 0. The fourth-order valence-electron chi connectivity index (χ4n) is 7.15. The maximum absolute atomic E-state index is 11.1. The van der Waals surface area contributed by atoms with Crippen molar-refractivity contribution in [2.45, 2.75) is 286 Å². The summed E-state index contributed by atoms with van der Waals surface area (Å²) in [6.45, 7) is 13.2. The molecule has 4 unspecified atom stereocenters. The molecule has 0 aliphatic carbocycles. The van der Waals surface area contributed by atoms with Gasteiger partial charge in [0.05, 0.1) is 44.2 Å². The Bertz CT molecular complexity index is 1430. The predicted octanol–water partition coefficient (Wildman–Crippen LogP) is 16.4. The maximum atomic E-state index is 11.1. The van der Waals surface area contributed by atoms with Crippen LogP contribution in [0.15, 0.2) is 30.3 Å². The van der Waals surface area contributed by atoms with Crippen LogP contribution in [-0.4, -0.2) is 114 Å². The highest BCUT2D eigenvalue weighted by Gasteiger charge is 2.13. The molecule has 0 aliphatic heterocycles. The lowest BCUT2D eigenvalue weighted by molar-refractivity contribution is -0.144. The lowest BCUT2D eigenvalue weighted by Crippen LogP contribution is -2.15. The average Bonchev–Trinajstić information content (AvgIpc) is 3.30. The van der Waals surface area contributed by atoms with Gasteiger partial charge in [-0.2, -0.15) is 0 Å². The van der Waals surface area contributed by atoms with Crippen LogP contribution in [0.3, 0.4) is 0 Å². The van der Waals surface area contributed by atoms with Gasteiger partial charge in [0.1, 0.15) is 23.1 Å². The molecule has 14 nitrogen and oxygen atoms in total. The number of unbranched alkanes of at least 4 members (excludes halogenated alkanes) is 9. The van der Waals surface area contributed by atoms with E-state index in [2.05, 4.69) is 12.1 Å². The number of ketones is 4. The lowest BCUT2D eigenvalue weighted by Gasteiger charge is -2.13. The van der Waals surface area contributed by atoms with E-state index in [1.54, 1.807) is 63.1 Å². The predicted molar refractivity (Wildman–Crippen MR) is 326 cm³/mol. The molecule has 0 saturated carbocycles. The third kappa shape index (κ3) is 74.3. The van der Waals surface area contributed by atoms with Gasteiger partial charge in [-0.25, -0.2) is 0 Å². The third-order valence-corrected chi connectivity index (χ3v) is 10.9. The van der Waals surface area contributed by atoms with Gasteiger partial charge in [-0.15, -0.1) is 0 Å². The summed E-state index contributed by atoms with van der Waals surface area (Å²) in [5.41, 5.74) is 1.29. The molecule has 0 bridgehead atoms. The summed E-state index contributed by atoms with van der Waals surface area (Å²) in [6.07, 6.45) is 20.5. The minimum Gasteiger partial charge on any atom is -0.466 e. The molecule has 0 saturated heterocycles. The molecule has 14 heteroatoms. The van der Waals surface area contributed by atoms with Gasteiger partial charge < -0.3 is 33.2 Å². The Balaban J connectivity index is -0.0000000813. The van der Waals surface area contributed by atoms with Crippen molar-refractivity contribution in [2.75, 3.05) is 48.3 Å². The molecule has 0 spiro atoms. The quantitative estimate of drug-likeness (QED) is 0.0344. The van der Waals surface area contributed by atoms with Crippen molar-refractivity contribution in [1.29, 1.82) is 0 Å². The first kappa shape index (κ1) is 98.6. The number of rotatable bonds is 39. The molecule has 0 N–H and O–H groups in total. The van der Waals surface area contributed by atoms with E-state index in [9.17, 15) is 33.6 Å². The van der Waals surface area contributed by atoms with E-state index in [1.807, 2.05) is 32.0 Å². The van der Waals surface area contributed by atoms with Gasteiger partial charge in [0.15, 0.2) is 0 Å². The highest BCUT2D eigenvalue weighted by atomic mass is 16.5. The second kappa shape index (κ2) is 72.2. The number of benzene rings is 1. The Labute approximate surface area is 476 Å². The number of hydrogen-bond donors (Lipinski definition) is 0. The zero-order valence-corrected chi connectivity index (χ0v) is 45.0. The van der Waals surface area contributed by atoms with Gasteiger partial charge in [-0.05, 0) is 105 Å². The summed E-state index contributed by atoms with van der Waals surface area (Å²) in [5.74, 6) is 0.346. The fraction of sp³-hybridized carbons (Fsp3) is 0.794. The largest absolute Gasteiger partial charge is 0.466 e. The molecule has 1 aromatic carbocycles. The molecule has 464 valence electrons. The zero-order chi connectivity index (χ0) is 52.5. The number of hydrogen-bond acceptors (Lipinski definition) is 14. The number of carbonyl (C=O) groups excluding carboxylic acids is 7. The van der Waals surface area contributed by atoms with Crippen LogP contribution in [0.2, 0.25) is 0 Å². The standard InChI is InChI=1S/C16H30O4.C14H26O4.C13H18O2.C12H22O4.8CH4/c1-4-20-16(18)12-10-8-6-5-7-9-11-15(19-3)13-14(2)17;1-4-18-14(16)10-8-6-5-7-9-13(17-3)11-12(2)15;1-11(14)10-13(15-2)9-8-12-6-4-3-5-7-12;1-4-16-12(14)8-6-5-7-11(15-3)9-10(2)13;;;;;;;;/h15H,4-13H2,1-3H3;13H,4-11H2,1-3H3;3-7,13H,8-10H2,1-2H3;11H,4-9H2,1-3H3;8*1H4. The van der Waals surface area contributed by atoms with Crippen molar-refractivity contribution in [1.82, 2.24) is 0 Å². The monoisotopic (exact) mass is 1110 g/mol. The molecule has 0 radical (unpaired) electrons. The van der Waals surface area contributed by atoms with Gasteiger partial charge in [-0.3, -0.25) is 33.6 Å². The average molecular weight is 1110 g/mol. The summed E-state index contributed by atoms with van der Waals surface area (Å²) in [4.78, 5) is 77.0. The van der Waals surface area contributed by atoms with Gasteiger partial charge in [0.2, 0.25) is 0 Å². The van der Waals surface area contributed by atoms with Crippen LogP contribution in [-0.2, 0) is 73.1 Å². The number of esters is 3. The van der Waals surface area contributed by atoms with Crippen LogP contribution in [0.5, 0.6) is 0 Å². The molecule has 0 fully saturated rings. The normalized spacial score (nSPS) is 10.9. The van der Waals surface area contributed by atoms with Crippen molar-refractivity contribution in [2.24, 2.45) is 0 Å². The molecule has 0 aromatic heterocycles. The van der Waals surface area contributed by atoms with Crippen molar-refractivity contribution in [3.63, 3.8) is 0 Å².